The van der Waals surface area contributed by atoms with Crippen LogP contribution in [0.4, 0.5) is 8.78 Å². The standard InChI is InChI=1S/C8H14F2O/c1-3-4-7(2)5-6-11-8(9)10/h8H,2-6H2,1H3. The Hall–Kier alpha value is -0.440. The van der Waals surface area contributed by atoms with E-state index in [1.54, 1.807) is 0 Å². The minimum Gasteiger partial charge on any atom is -0.323 e. The second-order valence-electron chi connectivity index (χ2n) is 2.38. The van der Waals surface area contributed by atoms with Crippen LogP contribution in [0.2, 0.25) is 0 Å². The minimum atomic E-state index is -2.65. The Labute approximate surface area is 66.0 Å². The van der Waals surface area contributed by atoms with Gasteiger partial charge in [0.15, 0.2) is 0 Å². The molecule has 0 aromatic carbocycles. The Bertz CT molecular complexity index is 113. The van der Waals surface area contributed by atoms with E-state index in [0.29, 0.717) is 6.42 Å². The third-order valence-electron chi connectivity index (χ3n) is 1.30. The predicted octanol–water partition coefficient (Wildman–Crippen LogP) is 2.97. The monoisotopic (exact) mass is 164 g/mol. The maximum atomic E-state index is 11.4. The minimum absolute atomic E-state index is 0.0799. The summed E-state index contributed by atoms with van der Waals surface area (Å²) in [7, 11) is 0. The largest absolute Gasteiger partial charge is 0.345 e. The van der Waals surface area contributed by atoms with Crippen LogP contribution in [0.1, 0.15) is 26.2 Å². The molecule has 0 aliphatic carbocycles. The van der Waals surface area contributed by atoms with Gasteiger partial charge in [0, 0.05) is 0 Å². The molecule has 0 aliphatic heterocycles. The highest BCUT2D eigenvalue weighted by Crippen LogP contribution is 2.07. The van der Waals surface area contributed by atoms with Crippen LogP contribution in [-0.4, -0.2) is 13.2 Å². The number of hydrogen-bond acceptors (Lipinski definition) is 1. The normalized spacial score (nSPS) is 10.5. The highest BCUT2D eigenvalue weighted by Gasteiger charge is 2.00. The molecule has 0 unspecified atom stereocenters. The third-order valence-corrected chi connectivity index (χ3v) is 1.30. The van der Waals surface area contributed by atoms with Crippen LogP contribution in [-0.2, 0) is 4.74 Å². The van der Waals surface area contributed by atoms with Crippen LogP contribution in [0, 0.1) is 0 Å². The Morgan fingerprint density at radius 1 is 1.45 bits per heavy atom. The van der Waals surface area contributed by atoms with Gasteiger partial charge >= 0.3 is 6.61 Å². The van der Waals surface area contributed by atoms with Crippen molar-refractivity contribution in [3.05, 3.63) is 12.2 Å². The number of hydrogen-bond donors (Lipinski definition) is 0. The summed E-state index contributed by atoms with van der Waals surface area (Å²) in [5, 5.41) is 0. The van der Waals surface area contributed by atoms with Crippen LogP contribution in [0.5, 0.6) is 0 Å². The summed E-state index contributed by atoms with van der Waals surface area (Å²) in [6.45, 7) is 3.17. The summed E-state index contributed by atoms with van der Waals surface area (Å²) in [4.78, 5) is 0. The van der Waals surface area contributed by atoms with Gasteiger partial charge in [-0.2, -0.15) is 8.78 Å². The maximum Gasteiger partial charge on any atom is 0.345 e. The molecule has 0 aliphatic rings. The second-order valence-corrected chi connectivity index (χ2v) is 2.38. The van der Waals surface area contributed by atoms with Gasteiger partial charge in [0.25, 0.3) is 0 Å². The quantitative estimate of drug-likeness (QED) is 0.548. The zero-order valence-corrected chi connectivity index (χ0v) is 6.78. The molecule has 0 rings (SSSR count). The lowest BCUT2D eigenvalue weighted by molar-refractivity contribution is -0.127. The van der Waals surface area contributed by atoms with Gasteiger partial charge in [-0.1, -0.05) is 25.5 Å². The summed E-state index contributed by atoms with van der Waals surface area (Å²) in [5.41, 5.74) is 0.980. The van der Waals surface area contributed by atoms with E-state index in [4.69, 9.17) is 0 Å². The van der Waals surface area contributed by atoms with E-state index < -0.39 is 6.61 Å². The smallest absolute Gasteiger partial charge is 0.323 e. The molecule has 0 spiro atoms. The molecule has 0 aromatic heterocycles. The lowest BCUT2D eigenvalue weighted by atomic mass is 10.1. The molecule has 0 radical (unpaired) electrons. The number of halogens is 2. The Morgan fingerprint density at radius 2 is 2.09 bits per heavy atom. The maximum absolute atomic E-state index is 11.4. The van der Waals surface area contributed by atoms with Crippen molar-refractivity contribution in [3.63, 3.8) is 0 Å². The molecular formula is C8H14F2O. The lowest BCUT2D eigenvalue weighted by Gasteiger charge is -2.03. The zero-order valence-electron chi connectivity index (χ0n) is 6.78. The van der Waals surface area contributed by atoms with Gasteiger partial charge in [0.1, 0.15) is 0 Å². The molecule has 66 valence electrons. The first-order valence-electron chi connectivity index (χ1n) is 3.73. The molecule has 0 aromatic rings. The molecule has 11 heavy (non-hydrogen) atoms. The topological polar surface area (TPSA) is 9.23 Å². The van der Waals surface area contributed by atoms with E-state index in [-0.39, 0.29) is 6.61 Å². The third kappa shape index (κ3) is 7.46. The van der Waals surface area contributed by atoms with Crippen molar-refractivity contribution >= 4 is 0 Å². The predicted molar refractivity (Wildman–Crippen MR) is 40.6 cm³/mol. The van der Waals surface area contributed by atoms with E-state index in [0.717, 1.165) is 18.4 Å². The molecule has 0 heterocycles. The molecule has 3 heteroatoms. The van der Waals surface area contributed by atoms with E-state index in [1.165, 1.54) is 0 Å². The zero-order chi connectivity index (χ0) is 8.69. The van der Waals surface area contributed by atoms with Crippen molar-refractivity contribution in [2.24, 2.45) is 0 Å². The van der Waals surface area contributed by atoms with E-state index in [1.807, 2.05) is 6.92 Å². The molecule has 0 saturated heterocycles. The molecule has 0 saturated carbocycles. The molecule has 1 nitrogen and oxygen atoms in total. The summed E-state index contributed by atoms with van der Waals surface area (Å²) in [5.74, 6) is 0. The Balaban J connectivity index is 3.17. The van der Waals surface area contributed by atoms with Crippen LogP contribution in [0.15, 0.2) is 12.2 Å². The first kappa shape index (κ1) is 10.6. The molecule has 0 amide bonds. The van der Waals surface area contributed by atoms with E-state index >= 15 is 0 Å². The van der Waals surface area contributed by atoms with Crippen LogP contribution in [0.25, 0.3) is 0 Å². The van der Waals surface area contributed by atoms with Gasteiger partial charge in [-0.25, -0.2) is 0 Å². The van der Waals surface area contributed by atoms with Gasteiger partial charge in [0.05, 0.1) is 6.61 Å². The molecule has 0 atom stereocenters. The van der Waals surface area contributed by atoms with Gasteiger partial charge < -0.3 is 4.74 Å². The van der Waals surface area contributed by atoms with Crippen LogP contribution >= 0.6 is 0 Å². The molecule has 0 fully saturated rings. The SMILES string of the molecule is C=C(CCC)CCOC(F)F. The summed E-state index contributed by atoms with van der Waals surface area (Å²) < 4.78 is 26.9. The van der Waals surface area contributed by atoms with Crippen molar-refractivity contribution in [1.29, 1.82) is 0 Å². The summed E-state index contributed by atoms with van der Waals surface area (Å²) in [6, 6.07) is 0. The van der Waals surface area contributed by atoms with Gasteiger partial charge in [-0.15, -0.1) is 0 Å². The Morgan fingerprint density at radius 3 is 2.55 bits per heavy atom. The fourth-order valence-corrected chi connectivity index (χ4v) is 0.771. The van der Waals surface area contributed by atoms with Gasteiger partial charge in [-0.3, -0.25) is 0 Å². The average Bonchev–Trinajstić information content (AvgIpc) is 1.87. The van der Waals surface area contributed by atoms with Crippen molar-refractivity contribution in [2.45, 2.75) is 32.8 Å². The van der Waals surface area contributed by atoms with Crippen molar-refractivity contribution in [1.82, 2.24) is 0 Å². The van der Waals surface area contributed by atoms with Crippen LogP contribution in [0.3, 0.4) is 0 Å². The summed E-state index contributed by atoms with van der Waals surface area (Å²) in [6.07, 6.45) is 2.44. The summed E-state index contributed by atoms with van der Waals surface area (Å²) >= 11 is 0. The van der Waals surface area contributed by atoms with Gasteiger partial charge in [-0.05, 0) is 12.8 Å². The van der Waals surface area contributed by atoms with E-state index in [2.05, 4.69) is 11.3 Å². The molecule has 0 bridgehead atoms. The number of alkyl halides is 2. The number of ether oxygens (including phenoxy) is 1. The second kappa shape index (κ2) is 6.28. The Kier molecular flexibility index (Phi) is 6.03. The average molecular weight is 164 g/mol. The highest BCUT2D eigenvalue weighted by molar-refractivity contribution is 4.92. The van der Waals surface area contributed by atoms with E-state index in [9.17, 15) is 8.78 Å². The van der Waals surface area contributed by atoms with Crippen molar-refractivity contribution in [3.8, 4) is 0 Å². The van der Waals surface area contributed by atoms with Crippen molar-refractivity contribution in [2.75, 3.05) is 6.61 Å². The highest BCUT2D eigenvalue weighted by atomic mass is 19.3. The number of rotatable bonds is 6. The van der Waals surface area contributed by atoms with Crippen molar-refractivity contribution < 1.29 is 13.5 Å². The van der Waals surface area contributed by atoms with Crippen LogP contribution < -0.4 is 0 Å². The van der Waals surface area contributed by atoms with Gasteiger partial charge in [0.2, 0.25) is 0 Å². The first-order valence-corrected chi connectivity index (χ1v) is 3.73. The first-order chi connectivity index (χ1) is 5.16. The molecule has 0 N–H and O–H groups in total. The molecular weight excluding hydrogens is 150 g/mol. The fraction of sp³-hybridized carbons (Fsp3) is 0.750. The lowest BCUT2D eigenvalue weighted by Crippen LogP contribution is -2.01. The fourth-order valence-electron chi connectivity index (χ4n) is 0.771.